The van der Waals surface area contributed by atoms with E-state index >= 15 is 0 Å². The molecule has 110 valence electrons. The minimum Gasteiger partial charge on any atom is -0.486 e. The van der Waals surface area contributed by atoms with Gasteiger partial charge in [-0.2, -0.15) is 4.39 Å². The third-order valence-electron chi connectivity index (χ3n) is 2.60. The SMILES string of the molecule is O=[N+]([O-])c1cc(F)c(OCc2ccc(F)cc2Br)cc1F. The molecule has 0 aromatic heterocycles. The van der Waals surface area contributed by atoms with Gasteiger partial charge < -0.3 is 4.74 Å². The van der Waals surface area contributed by atoms with Crippen LogP contribution in [0.25, 0.3) is 0 Å². The van der Waals surface area contributed by atoms with Gasteiger partial charge in [0.25, 0.3) is 0 Å². The second-order valence-electron chi connectivity index (χ2n) is 4.02. The summed E-state index contributed by atoms with van der Waals surface area (Å²) in [5, 5.41) is 10.5. The van der Waals surface area contributed by atoms with E-state index in [9.17, 15) is 23.3 Å². The Morgan fingerprint density at radius 1 is 1.14 bits per heavy atom. The molecule has 0 unspecified atom stereocenters. The zero-order valence-electron chi connectivity index (χ0n) is 10.3. The van der Waals surface area contributed by atoms with Gasteiger partial charge in [0, 0.05) is 16.1 Å². The molecule has 0 fully saturated rings. The minimum absolute atomic E-state index is 0.158. The second-order valence-corrected chi connectivity index (χ2v) is 4.87. The van der Waals surface area contributed by atoms with Crippen LogP contribution in [-0.2, 0) is 6.61 Å². The first-order valence-corrected chi connectivity index (χ1v) is 6.38. The molecule has 0 spiro atoms. The van der Waals surface area contributed by atoms with Crippen LogP contribution in [0, 0.1) is 27.6 Å². The van der Waals surface area contributed by atoms with Gasteiger partial charge >= 0.3 is 5.69 Å². The summed E-state index contributed by atoms with van der Waals surface area (Å²) in [5.41, 5.74) is -0.461. The van der Waals surface area contributed by atoms with Crippen LogP contribution >= 0.6 is 15.9 Å². The van der Waals surface area contributed by atoms with Crippen LogP contribution < -0.4 is 4.74 Å². The molecule has 8 heteroatoms. The monoisotopic (exact) mass is 361 g/mol. The van der Waals surface area contributed by atoms with Gasteiger partial charge in [-0.15, -0.1) is 0 Å². The molecule has 21 heavy (non-hydrogen) atoms. The molecule has 0 N–H and O–H groups in total. The summed E-state index contributed by atoms with van der Waals surface area (Å²) in [6, 6.07) is 4.86. The summed E-state index contributed by atoms with van der Waals surface area (Å²) in [6.07, 6.45) is 0. The number of ether oxygens (including phenoxy) is 1. The van der Waals surface area contributed by atoms with E-state index in [2.05, 4.69) is 15.9 Å². The van der Waals surface area contributed by atoms with Crippen LogP contribution in [0.1, 0.15) is 5.56 Å². The molecule has 0 bridgehead atoms. The van der Waals surface area contributed by atoms with Crippen molar-refractivity contribution in [3.8, 4) is 5.75 Å². The zero-order chi connectivity index (χ0) is 15.6. The van der Waals surface area contributed by atoms with Gasteiger partial charge in [0.2, 0.25) is 5.82 Å². The lowest BCUT2D eigenvalue weighted by Crippen LogP contribution is -2.01. The fourth-order valence-electron chi connectivity index (χ4n) is 1.56. The van der Waals surface area contributed by atoms with Crippen LogP contribution in [0.2, 0.25) is 0 Å². The van der Waals surface area contributed by atoms with E-state index in [1.165, 1.54) is 18.2 Å². The molecule has 0 atom stereocenters. The van der Waals surface area contributed by atoms with E-state index in [1.54, 1.807) is 0 Å². The number of hydrogen-bond acceptors (Lipinski definition) is 3. The Morgan fingerprint density at radius 3 is 2.48 bits per heavy atom. The van der Waals surface area contributed by atoms with Crippen molar-refractivity contribution in [2.45, 2.75) is 6.61 Å². The molecule has 0 saturated carbocycles. The normalized spacial score (nSPS) is 10.5. The molecule has 0 aliphatic carbocycles. The number of nitro groups is 1. The lowest BCUT2D eigenvalue weighted by atomic mass is 10.2. The number of halogens is 4. The predicted octanol–water partition coefficient (Wildman–Crippen LogP) is 4.35. The molecule has 0 heterocycles. The standard InChI is InChI=1S/C13H7BrF3NO3/c14-9-3-8(15)2-1-7(9)6-21-13-5-10(16)12(18(19)20)4-11(13)17/h1-5H,6H2. The fourth-order valence-corrected chi connectivity index (χ4v) is 2.03. The average molecular weight is 362 g/mol. The number of nitro benzene ring substituents is 1. The Bertz CT molecular complexity index is 709. The summed E-state index contributed by atoms with van der Waals surface area (Å²) in [6.45, 7) is -0.158. The van der Waals surface area contributed by atoms with E-state index in [4.69, 9.17) is 4.74 Å². The van der Waals surface area contributed by atoms with Crippen LogP contribution in [0.4, 0.5) is 18.9 Å². The van der Waals surface area contributed by atoms with Crippen LogP contribution in [-0.4, -0.2) is 4.92 Å². The smallest absolute Gasteiger partial charge is 0.307 e. The molecule has 0 aliphatic rings. The van der Waals surface area contributed by atoms with Gasteiger partial charge in [-0.25, -0.2) is 8.78 Å². The van der Waals surface area contributed by atoms with Gasteiger partial charge in [0.15, 0.2) is 11.6 Å². The summed E-state index contributed by atoms with van der Waals surface area (Å²) >= 11 is 3.11. The van der Waals surface area contributed by atoms with Crippen LogP contribution in [0.15, 0.2) is 34.8 Å². The minimum atomic E-state index is -1.20. The maximum atomic E-state index is 13.6. The number of benzene rings is 2. The highest BCUT2D eigenvalue weighted by Crippen LogP contribution is 2.28. The van der Waals surface area contributed by atoms with Crippen molar-refractivity contribution in [1.29, 1.82) is 0 Å². The predicted molar refractivity (Wildman–Crippen MR) is 71.4 cm³/mol. The first kappa shape index (κ1) is 15.3. The van der Waals surface area contributed by atoms with Gasteiger partial charge in [-0.1, -0.05) is 22.0 Å². The summed E-state index contributed by atoms with van der Waals surface area (Å²) < 4.78 is 45.4. The summed E-state index contributed by atoms with van der Waals surface area (Å²) in [4.78, 5) is 9.43. The second kappa shape index (κ2) is 6.13. The first-order chi connectivity index (χ1) is 9.88. The molecule has 2 aromatic carbocycles. The van der Waals surface area contributed by atoms with Gasteiger partial charge in [0.1, 0.15) is 12.4 Å². The maximum absolute atomic E-state index is 13.6. The number of rotatable bonds is 4. The molecule has 2 rings (SSSR count). The lowest BCUT2D eigenvalue weighted by molar-refractivity contribution is -0.387. The average Bonchev–Trinajstić information content (AvgIpc) is 2.40. The molecular weight excluding hydrogens is 355 g/mol. The van der Waals surface area contributed by atoms with Crippen molar-refractivity contribution in [2.24, 2.45) is 0 Å². The van der Waals surface area contributed by atoms with Crippen molar-refractivity contribution < 1.29 is 22.8 Å². The molecule has 0 aliphatic heterocycles. The highest BCUT2D eigenvalue weighted by Gasteiger charge is 2.19. The molecular formula is C13H7BrF3NO3. The number of hydrogen-bond donors (Lipinski definition) is 0. The Morgan fingerprint density at radius 2 is 1.86 bits per heavy atom. The summed E-state index contributed by atoms with van der Waals surface area (Å²) in [5.74, 6) is -3.18. The highest BCUT2D eigenvalue weighted by molar-refractivity contribution is 9.10. The number of nitrogens with zero attached hydrogens (tertiary/aromatic N) is 1. The van der Waals surface area contributed by atoms with Crippen LogP contribution in [0.3, 0.4) is 0 Å². The van der Waals surface area contributed by atoms with Crippen molar-refractivity contribution >= 4 is 21.6 Å². The van der Waals surface area contributed by atoms with E-state index in [0.717, 1.165) is 0 Å². The topological polar surface area (TPSA) is 52.4 Å². The van der Waals surface area contributed by atoms with E-state index in [-0.39, 0.29) is 6.61 Å². The Hall–Kier alpha value is -2.09. The highest BCUT2D eigenvalue weighted by atomic mass is 79.9. The quantitative estimate of drug-likeness (QED) is 0.600. The molecule has 2 aromatic rings. The van der Waals surface area contributed by atoms with Crippen molar-refractivity contribution in [1.82, 2.24) is 0 Å². The lowest BCUT2D eigenvalue weighted by Gasteiger charge is -2.09. The molecule has 4 nitrogen and oxygen atoms in total. The Labute approximate surface area is 125 Å². The third-order valence-corrected chi connectivity index (χ3v) is 3.33. The van der Waals surface area contributed by atoms with Crippen molar-refractivity contribution in [3.63, 3.8) is 0 Å². The molecule has 0 radical (unpaired) electrons. The van der Waals surface area contributed by atoms with Gasteiger partial charge in [-0.3, -0.25) is 10.1 Å². The van der Waals surface area contributed by atoms with Crippen LogP contribution in [0.5, 0.6) is 5.75 Å². The summed E-state index contributed by atoms with van der Waals surface area (Å²) in [7, 11) is 0. The van der Waals surface area contributed by atoms with E-state index < -0.39 is 33.8 Å². The molecule has 0 saturated heterocycles. The Balaban J connectivity index is 2.20. The van der Waals surface area contributed by atoms with Crippen molar-refractivity contribution in [3.05, 3.63) is 67.9 Å². The van der Waals surface area contributed by atoms with E-state index in [1.807, 2.05) is 0 Å². The largest absolute Gasteiger partial charge is 0.486 e. The zero-order valence-corrected chi connectivity index (χ0v) is 11.9. The van der Waals surface area contributed by atoms with Gasteiger partial charge in [-0.05, 0) is 12.1 Å². The maximum Gasteiger partial charge on any atom is 0.307 e. The van der Waals surface area contributed by atoms with Gasteiger partial charge in [0.05, 0.1) is 11.0 Å². The fraction of sp³-hybridized carbons (Fsp3) is 0.0769. The molecule has 0 amide bonds. The van der Waals surface area contributed by atoms with E-state index in [0.29, 0.717) is 22.2 Å². The Kier molecular flexibility index (Phi) is 4.46. The third kappa shape index (κ3) is 3.52. The first-order valence-electron chi connectivity index (χ1n) is 5.58. The van der Waals surface area contributed by atoms with Crippen molar-refractivity contribution in [2.75, 3.05) is 0 Å².